The quantitative estimate of drug-likeness (QED) is 0.564. The molecule has 3 aromatic rings. The minimum Gasteiger partial charge on any atom is -0.507 e. The first-order valence-corrected chi connectivity index (χ1v) is 10.5. The third kappa shape index (κ3) is 4.68. The Kier molecular flexibility index (Phi) is 6.70. The topological polar surface area (TPSA) is 120 Å². The Bertz CT molecular complexity index is 1170. The lowest BCUT2D eigenvalue weighted by Crippen LogP contribution is -2.25. The maximum Gasteiger partial charge on any atom is 0.259 e. The summed E-state index contributed by atoms with van der Waals surface area (Å²) in [4.78, 5) is 12.5. The van der Waals surface area contributed by atoms with Crippen LogP contribution in [0.1, 0.15) is 49.5 Å². The van der Waals surface area contributed by atoms with Crippen LogP contribution in [0.3, 0.4) is 0 Å². The largest absolute Gasteiger partial charge is 0.507 e. The van der Waals surface area contributed by atoms with Crippen molar-refractivity contribution >= 4 is 11.4 Å². The van der Waals surface area contributed by atoms with Gasteiger partial charge in [-0.2, -0.15) is 10.4 Å². The zero-order valence-electron chi connectivity index (χ0n) is 18.7. The van der Waals surface area contributed by atoms with Crippen molar-refractivity contribution < 1.29 is 19.7 Å². The van der Waals surface area contributed by atoms with Crippen LogP contribution in [-0.2, 0) is 5.41 Å². The molecule has 1 amide bonds. The molecule has 8 heteroatoms. The van der Waals surface area contributed by atoms with Crippen molar-refractivity contribution in [2.45, 2.75) is 45.1 Å². The van der Waals surface area contributed by atoms with E-state index in [9.17, 15) is 15.2 Å². The van der Waals surface area contributed by atoms with Gasteiger partial charge in [0.25, 0.3) is 5.91 Å². The Morgan fingerprint density at radius 1 is 1.38 bits per heavy atom. The molecule has 0 aliphatic heterocycles. The maximum absolute atomic E-state index is 12.5. The number of amides is 1. The first kappa shape index (κ1) is 23.1. The monoisotopic (exact) mass is 436 g/mol. The number of aromatic hydroxyl groups is 1. The molecule has 0 bridgehead atoms. The molecule has 3 N–H and O–H groups in total. The Hall–Kier alpha value is -3.57. The normalized spacial score (nSPS) is 13.1. The second-order valence-corrected chi connectivity index (χ2v) is 8.18. The number of carbonyl (C=O) groups excluding carboxylic acids is 1. The Labute approximate surface area is 187 Å². The van der Waals surface area contributed by atoms with E-state index >= 15 is 0 Å². The van der Waals surface area contributed by atoms with E-state index < -0.39 is 5.41 Å². The number of aromatic nitrogens is 2. The molecule has 1 aromatic carbocycles. The highest BCUT2D eigenvalue weighted by Crippen LogP contribution is 2.37. The van der Waals surface area contributed by atoms with Crippen molar-refractivity contribution in [3.05, 3.63) is 47.8 Å². The van der Waals surface area contributed by atoms with E-state index in [1.807, 2.05) is 32.2 Å². The van der Waals surface area contributed by atoms with Gasteiger partial charge in [-0.15, -0.1) is 0 Å². The predicted molar refractivity (Wildman–Crippen MR) is 121 cm³/mol. The molecule has 168 valence electrons. The molecule has 4 rings (SSSR count). The number of fused-ring (bicyclic) bond motifs is 1. The number of ether oxygens (including phenoxy) is 1. The number of hydrogen-bond acceptors (Lipinski definition) is 6. The highest BCUT2D eigenvalue weighted by molar-refractivity contribution is 6.01. The van der Waals surface area contributed by atoms with Gasteiger partial charge in [0.1, 0.15) is 17.1 Å². The molecular weight excluding hydrogens is 408 g/mol. The van der Waals surface area contributed by atoms with E-state index in [1.54, 1.807) is 29.8 Å². The van der Waals surface area contributed by atoms with Gasteiger partial charge in [-0.3, -0.25) is 4.79 Å². The number of nitriles is 1. The van der Waals surface area contributed by atoms with Crippen LogP contribution >= 0.6 is 0 Å². The summed E-state index contributed by atoms with van der Waals surface area (Å²) >= 11 is 0. The fourth-order valence-electron chi connectivity index (χ4n) is 3.27. The van der Waals surface area contributed by atoms with Crippen molar-refractivity contribution in [2.75, 3.05) is 13.7 Å². The first-order valence-electron chi connectivity index (χ1n) is 10.5. The SMILES string of the molecule is CCO.COc1cc(-c2cnn3cc(C(C)(C)C#N)ccc23)cc(O)c1C(=O)NC1CC1. The van der Waals surface area contributed by atoms with Crippen molar-refractivity contribution in [2.24, 2.45) is 0 Å². The average Bonchev–Trinajstić information content (AvgIpc) is 3.48. The minimum atomic E-state index is -0.627. The van der Waals surface area contributed by atoms with Crippen LogP contribution in [0.2, 0.25) is 0 Å². The molecule has 1 fully saturated rings. The van der Waals surface area contributed by atoms with Gasteiger partial charge in [0.2, 0.25) is 0 Å². The Morgan fingerprint density at radius 3 is 2.66 bits per heavy atom. The zero-order chi connectivity index (χ0) is 23.5. The van der Waals surface area contributed by atoms with Crippen LogP contribution in [0.5, 0.6) is 11.5 Å². The molecule has 8 nitrogen and oxygen atoms in total. The predicted octanol–water partition coefficient (Wildman–Crippen LogP) is 3.41. The van der Waals surface area contributed by atoms with Gasteiger partial charge in [0.15, 0.2) is 0 Å². The standard InChI is InChI=1S/C22H22N4O3.C2H6O/c1-22(2,12-23)14-4-7-17-16(10-24-26(17)11-14)13-8-18(27)20(19(9-13)29-3)21(28)25-15-5-6-15;1-2-3/h4,7-11,15,27H,5-6H2,1-3H3,(H,25,28);3H,2H2,1H3. The van der Waals surface area contributed by atoms with E-state index in [0.717, 1.165) is 29.5 Å². The van der Waals surface area contributed by atoms with Gasteiger partial charge in [-0.05, 0) is 62.9 Å². The molecule has 1 aliphatic carbocycles. The molecule has 1 aliphatic rings. The van der Waals surface area contributed by atoms with Crippen molar-refractivity contribution in [3.63, 3.8) is 0 Å². The number of hydrogen-bond donors (Lipinski definition) is 3. The number of aliphatic hydroxyl groups is 1. The highest BCUT2D eigenvalue weighted by Gasteiger charge is 2.28. The number of aliphatic hydroxyl groups excluding tert-OH is 1. The summed E-state index contributed by atoms with van der Waals surface area (Å²) in [5, 5.41) is 34.8. The van der Waals surface area contributed by atoms with Crippen LogP contribution in [0.15, 0.2) is 36.7 Å². The lowest BCUT2D eigenvalue weighted by atomic mass is 9.87. The molecule has 2 heterocycles. The van der Waals surface area contributed by atoms with E-state index in [4.69, 9.17) is 9.84 Å². The number of nitrogens with zero attached hydrogens (tertiary/aromatic N) is 3. The van der Waals surface area contributed by atoms with Crippen LogP contribution in [-0.4, -0.2) is 45.5 Å². The van der Waals surface area contributed by atoms with Crippen molar-refractivity contribution in [3.8, 4) is 28.7 Å². The third-order valence-corrected chi connectivity index (χ3v) is 5.27. The van der Waals surface area contributed by atoms with E-state index in [1.165, 1.54) is 7.11 Å². The Balaban J connectivity index is 0.000000913. The zero-order valence-corrected chi connectivity index (χ0v) is 18.7. The van der Waals surface area contributed by atoms with E-state index in [0.29, 0.717) is 11.3 Å². The molecular formula is C24H28N4O4. The smallest absolute Gasteiger partial charge is 0.259 e. The fourth-order valence-corrected chi connectivity index (χ4v) is 3.27. The number of phenols is 1. The van der Waals surface area contributed by atoms with Gasteiger partial charge in [-0.25, -0.2) is 4.52 Å². The van der Waals surface area contributed by atoms with E-state index in [2.05, 4.69) is 16.5 Å². The Morgan fingerprint density at radius 2 is 2.06 bits per heavy atom. The molecule has 0 spiro atoms. The number of rotatable bonds is 5. The van der Waals surface area contributed by atoms with Crippen LogP contribution in [0.4, 0.5) is 0 Å². The number of pyridine rings is 1. The molecule has 0 unspecified atom stereocenters. The van der Waals surface area contributed by atoms with Crippen molar-refractivity contribution in [1.82, 2.24) is 14.9 Å². The average molecular weight is 437 g/mol. The molecule has 0 saturated heterocycles. The first-order chi connectivity index (χ1) is 15.2. The number of nitrogens with one attached hydrogen (secondary N) is 1. The van der Waals surface area contributed by atoms with Crippen LogP contribution in [0, 0.1) is 11.3 Å². The summed E-state index contributed by atoms with van der Waals surface area (Å²) in [7, 11) is 1.47. The number of methoxy groups -OCH3 is 1. The number of carbonyl (C=O) groups is 1. The third-order valence-electron chi connectivity index (χ3n) is 5.27. The fraction of sp³-hybridized carbons (Fsp3) is 0.375. The molecule has 2 aromatic heterocycles. The summed E-state index contributed by atoms with van der Waals surface area (Å²) in [5.74, 6) is -0.171. The van der Waals surface area contributed by atoms with Gasteiger partial charge >= 0.3 is 0 Å². The van der Waals surface area contributed by atoms with Gasteiger partial charge in [-0.1, -0.05) is 6.07 Å². The minimum absolute atomic E-state index is 0.137. The van der Waals surface area contributed by atoms with Gasteiger partial charge < -0.3 is 20.3 Å². The lowest BCUT2D eigenvalue weighted by Gasteiger charge is -2.16. The van der Waals surface area contributed by atoms with Crippen LogP contribution < -0.4 is 10.1 Å². The molecule has 1 saturated carbocycles. The summed E-state index contributed by atoms with van der Waals surface area (Å²) in [6, 6.07) is 9.54. The summed E-state index contributed by atoms with van der Waals surface area (Å²) in [6.07, 6.45) is 5.44. The highest BCUT2D eigenvalue weighted by atomic mass is 16.5. The summed E-state index contributed by atoms with van der Waals surface area (Å²) < 4.78 is 7.10. The lowest BCUT2D eigenvalue weighted by molar-refractivity contribution is 0.0945. The van der Waals surface area contributed by atoms with Gasteiger partial charge in [0.05, 0.1) is 30.3 Å². The van der Waals surface area contributed by atoms with Gasteiger partial charge in [0, 0.05) is 24.4 Å². The summed E-state index contributed by atoms with van der Waals surface area (Å²) in [6.45, 7) is 5.64. The summed E-state index contributed by atoms with van der Waals surface area (Å²) in [5.41, 5.74) is 2.66. The van der Waals surface area contributed by atoms with Crippen molar-refractivity contribution in [1.29, 1.82) is 5.26 Å². The number of benzene rings is 1. The second-order valence-electron chi connectivity index (χ2n) is 8.18. The number of phenolic OH excluding ortho intramolecular Hbond substituents is 1. The molecule has 32 heavy (non-hydrogen) atoms. The maximum atomic E-state index is 12.5. The van der Waals surface area contributed by atoms with Crippen LogP contribution in [0.25, 0.3) is 16.6 Å². The molecule has 0 radical (unpaired) electrons. The van der Waals surface area contributed by atoms with E-state index in [-0.39, 0.29) is 29.9 Å². The second kappa shape index (κ2) is 9.28. The molecule has 0 atom stereocenters.